The lowest BCUT2D eigenvalue weighted by molar-refractivity contribution is 0.112. The molecule has 1 aliphatic carbocycles. The summed E-state index contributed by atoms with van der Waals surface area (Å²) in [7, 11) is 1.91. The van der Waals surface area contributed by atoms with Crippen molar-refractivity contribution in [2.45, 2.75) is 44.9 Å². The molecular formula is C25H30N4O. The number of aromatic amines is 1. The molecule has 0 aliphatic heterocycles. The lowest BCUT2D eigenvalue weighted by Crippen LogP contribution is -2.11. The highest BCUT2D eigenvalue weighted by Gasteiger charge is 2.15. The van der Waals surface area contributed by atoms with Crippen molar-refractivity contribution in [3.05, 3.63) is 59.7 Å². The molecule has 0 spiro atoms. The number of nitrogens with zero attached hydrogens (tertiary/aromatic N) is 2. The highest BCUT2D eigenvalue weighted by atomic mass is 16.1. The first-order chi connectivity index (χ1) is 14.8. The lowest BCUT2D eigenvalue weighted by Gasteiger charge is -2.09. The quantitative estimate of drug-likeness (QED) is 0.503. The molecular weight excluding hydrogens is 372 g/mol. The summed E-state index contributed by atoms with van der Waals surface area (Å²) < 4.78 is 0. The zero-order valence-electron chi connectivity index (χ0n) is 17.7. The van der Waals surface area contributed by atoms with Crippen molar-refractivity contribution in [3.8, 4) is 22.5 Å². The minimum atomic E-state index is 0.717. The van der Waals surface area contributed by atoms with Gasteiger partial charge in [0.1, 0.15) is 0 Å². The zero-order valence-corrected chi connectivity index (χ0v) is 17.7. The van der Waals surface area contributed by atoms with Gasteiger partial charge in [-0.25, -0.2) is 0 Å². The number of carbonyl (C=O) groups excluding carboxylic acids is 1. The van der Waals surface area contributed by atoms with E-state index in [1.165, 1.54) is 37.7 Å². The van der Waals surface area contributed by atoms with Gasteiger partial charge in [0, 0.05) is 59.6 Å². The van der Waals surface area contributed by atoms with Crippen molar-refractivity contribution in [2.75, 3.05) is 13.6 Å². The molecule has 0 amide bonds. The summed E-state index contributed by atoms with van der Waals surface area (Å²) in [4.78, 5) is 23.9. The molecule has 0 unspecified atom stereocenters. The molecule has 4 rings (SSSR count). The Morgan fingerprint density at radius 1 is 1.13 bits per heavy atom. The minimum absolute atomic E-state index is 0.717. The van der Waals surface area contributed by atoms with E-state index in [-0.39, 0.29) is 0 Å². The standard InChI is InChI=1S/C25H30N4O/c1-26-10-9-23-22(17-30)14-25(29-23)20-8-11-28-24(13-20)21-12-19(15-27-16-21)7-6-18-4-2-3-5-18/h8,11-18,26,29H,2-7,9-10H2,1H3. The molecule has 1 fully saturated rings. The van der Waals surface area contributed by atoms with Gasteiger partial charge >= 0.3 is 0 Å². The Morgan fingerprint density at radius 2 is 2.00 bits per heavy atom. The van der Waals surface area contributed by atoms with Crippen LogP contribution in [-0.4, -0.2) is 34.8 Å². The predicted molar refractivity (Wildman–Crippen MR) is 121 cm³/mol. The summed E-state index contributed by atoms with van der Waals surface area (Å²) in [6.45, 7) is 0.821. The fourth-order valence-corrected chi connectivity index (χ4v) is 4.42. The number of hydrogen-bond donors (Lipinski definition) is 2. The molecule has 3 heterocycles. The number of rotatable bonds is 9. The van der Waals surface area contributed by atoms with Crippen molar-refractivity contribution < 1.29 is 4.79 Å². The summed E-state index contributed by atoms with van der Waals surface area (Å²) in [5.41, 5.74) is 6.87. The van der Waals surface area contributed by atoms with Crippen LogP contribution >= 0.6 is 0 Å². The molecule has 3 aromatic rings. The van der Waals surface area contributed by atoms with Crippen LogP contribution < -0.4 is 5.32 Å². The van der Waals surface area contributed by atoms with Gasteiger partial charge in [-0.1, -0.05) is 25.7 Å². The molecule has 3 aromatic heterocycles. The Balaban J connectivity index is 1.54. The number of aldehydes is 1. The van der Waals surface area contributed by atoms with Crippen LogP contribution in [0, 0.1) is 5.92 Å². The summed E-state index contributed by atoms with van der Waals surface area (Å²) in [6.07, 6.45) is 15.3. The van der Waals surface area contributed by atoms with Gasteiger partial charge in [0.05, 0.1) is 5.69 Å². The number of carbonyl (C=O) groups is 1. The fourth-order valence-electron chi connectivity index (χ4n) is 4.42. The Morgan fingerprint density at radius 3 is 2.80 bits per heavy atom. The van der Waals surface area contributed by atoms with Gasteiger partial charge in [0.2, 0.25) is 0 Å². The number of nitrogens with one attached hydrogen (secondary N) is 2. The van der Waals surface area contributed by atoms with Crippen molar-refractivity contribution in [2.24, 2.45) is 5.92 Å². The number of aromatic nitrogens is 3. The Hall–Kier alpha value is -2.79. The Bertz CT molecular complexity index is 988. The molecule has 0 bridgehead atoms. The second kappa shape index (κ2) is 9.81. The van der Waals surface area contributed by atoms with E-state index in [1.54, 1.807) is 0 Å². The van der Waals surface area contributed by atoms with Crippen molar-refractivity contribution in [1.29, 1.82) is 0 Å². The third-order valence-electron chi connectivity index (χ3n) is 6.16. The number of likely N-dealkylation sites (N-methyl/N-ethyl adjacent to an activating group) is 1. The van der Waals surface area contributed by atoms with Crippen LogP contribution in [0.5, 0.6) is 0 Å². The monoisotopic (exact) mass is 402 g/mol. The topological polar surface area (TPSA) is 70.7 Å². The van der Waals surface area contributed by atoms with Crippen molar-refractivity contribution in [3.63, 3.8) is 0 Å². The summed E-state index contributed by atoms with van der Waals surface area (Å²) >= 11 is 0. The highest BCUT2D eigenvalue weighted by molar-refractivity contribution is 5.81. The summed E-state index contributed by atoms with van der Waals surface area (Å²) in [5, 5.41) is 3.13. The van der Waals surface area contributed by atoms with Crippen LogP contribution in [0.4, 0.5) is 0 Å². The highest BCUT2D eigenvalue weighted by Crippen LogP contribution is 2.30. The molecule has 0 saturated heterocycles. The van der Waals surface area contributed by atoms with E-state index >= 15 is 0 Å². The van der Waals surface area contributed by atoms with Gasteiger partial charge < -0.3 is 10.3 Å². The molecule has 0 aromatic carbocycles. The van der Waals surface area contributed by atoms with Gasteiger partial charge in [0.25, 0.3) is 0 Å². The molecule has 30 heavy (non-hydrogen) atoms. The van der Waals surface area contributed by atoms with E-state index in [2.05, 4.69) is 32.4 Å². The first-order valence-corrected chi connectivity index (χ1v) is 11.0. The van der Waals surface area contributed by atoms with Gasteiger partial charge in [-0.05, 0) is 55.6 Å². The van der Waals surface area contributed by atoms with Crippen molar-refractivity contribution in [1.82, 2.24) is 20.3 Å². The van der Waals surface area contributed by atoms with Gasteiger partial charge in [-0.15, -0.1) is 0 Å². The predicted octanol–water partition coefficient (Wildman–Crippen LogP) is 4.84. The van der Waals surface area contributed by atoms with E-state index in [4.69, 9.17) is 0 Å². The van der Waals surface area contributed by atoms with Crippen LogP contribution in [0.2, 0.25) is 0 Å². The maximum Gasteiger partial charge on any atom is 0.151 e. The van der Waals surface area contributed by atoms with E-state index in [9.17, 15) is 4.79 Å². The number of aryl methyl sites for hydroxylation is 1. The first kappa shape index (κ1) is 20.5. The van der Waals surface area contributed by atoms with E-state index < -0.39 is 0 Å². The van der Waals surface area contributed by atoms with Gasteiger partial charge in [-0.2, -0.15) is 0 Å². The second-order valence-corrected chi connectivity index (χ2v) is 8.29. The van der Waals surface area contributed by atoms with E-state index in [0.29, 0.717) is 5.56 Å². The van der Waals surface area contributed by atoms with Crippen molar-refractivity contribution >= 4 is 6.29 Å². The molecule has 5 nitrogen and oxygen atoms in total. The third kappa shape index (κ3) is 4.85. The number of pyridine rings is 2. The third-order valence-corrected chi connectivity index (χ3v) is 6.16. The molecule has 156 valence electrons. The maximum absolute atomic E-state index is 11.5. The largest absolute Gasteiger partial charge is 0.358 e. The van der Waals surface area contributed by atoms with E-state index in [0.717, 1.165) is 59.8 Å². The fraction of sp³-hybridized carbons (Fsp3) is 0.400. The van der Waals surface area contributed by atoms with Gasteiger partial charge in [0.15, 0.2) is 6.29 Å². The molecule has 0 atom stereocenters. The zero-order chi connectivity index (χ0) is 20.8. The average molecular weight is 403 g/mol. The molecule has 2 N–H and O–H groups in total. The Labute approximate surface area is 178 Å². The molecule has 1 aliphatic rings. The summed E-state index contributed by atoms with van der Waals surface area (Å²) in [6, 6.07) is 8.19. The van der Waals surface area contributed by atoms with Gasteiger partial charge in [-0.3, -0.25) is 14.8 Å². The van der Waals surface area contributed by atoms with Crippen LogP contribution in [0.3, 0.4) is 0 Å². The first-order valence-electron chi connectivity index (χ1n) is 11.0. The van der Waals surface area contributed by atoms with E-state index in [1.807, 2.05) is 37.8 Å². The summed E-state index contributed by atoms with van der Waals surface area (Å²) in [5.74, 6) is 0.882. The molecule has 1 saturated carbocycles. The lowest BCUT2D eigenvalue weighted by atomic mass is 9.98. The number of H-pyrrole nitrogens is 1. The van der Waals surface area contributed by atoms with Crippen LogP contribution in [-0.2, 0) is 12.8 Å². The SMILES string of the molecule is CNCCc1[nH]c(-c2ccnc(-c3cncc(CCC4CCCC4)c3)c2)cc1C=O. The van der Waals surface area contributed by atoms with Crippen LogP contribution in [0.15, 0.2) is 42.9 Å². The van der Waals surface area contributed by atoms with Crippen LogP contribution in [0.1, 0.15) is 53.7 Å². The molecule has 0 radical (unpaired) electrons. The molecule has 5 heteroatoms. The minimum Gasteiger partial charge on any atom is -0.358 e. The normalized spacial score (nSPS) is 14.3. The van der Waals surface area contributed by atoms with Crippen LogP contribution in [0.25, 0.3) is 22.5 Å². The smallest absolute Gasteiger partial charge is 0.151 e. The Kier molecular flexibility index (Phi) is 6.70. The number of hydrogen-bond acceptors (Lipinski definition) is 4. The maximum atomic E-state index is 11.5. The average Bonchev–Trinajstić information content (AvgIpc) is 3.46. The second-order valence-electron chi connectivity index (χ2n) is 8.29.